The summed E-state index contributed by atoms with van der Waals surface area (Å²) >= 11 is 0. The number of aliphatic hydroxyl groups excluding tert-OH is 1. The average molecular weight is 1590 g/mol. The van der Waals surface area contributed by atoms with E-state index in [1.165, 1.54) is 19.4 Å². The van der Waals surface area contributed by atoms with Crippen LogP contribution in [0.5, 0.6) is 0 Å². The Bertz CT molecular complexity index is 4120. The number of benzene rings is 2. The van der Waals surface area contributed by atoms with Gasteiger partial charge in [0.15, 0.2) is 6.04 Å². The second-order valence-corrected chi connectivity index (χ2v) is 32.4. The number of aromatic amines is 3. The minimum atomic E-state index is -1.94. The number of carboxylic acids is 3. The molecule has 4 heterocycles. The molecule has 111 heavy (non-hydrogen) atoms. The number of aromatic nitrogens is 4. The molecule has 37 heteroatoms. The lowest BCUT2D eigenvalue weighted by Crippen LogP contribution is -2.61. The van der Waals surface area contributed by atoms with E-state index in [0.29, 0.717) is 38.6 Å². The maximum absolute atomic E-state index is 15.1. The van der Waals surface area contributed by atoms with Gasteiger partial charge in [0.2, 0.25) is 70.9 Å². The molecule has 0 aliphatic carbocycles. The monoisotopic (exact) mass is 1580 g/mol. The van der Waals surface area contributed by atoms with Gasteiger partial charge in [-0.3, -0.25) is 67.1 Å². The van der Waals surface area contributed by atoms with Gasteiger partial charge in [-0.15, -0.1) is 0 Å². The van der Waals surface area contributed by atoms with E-state index in [1.54, 1.807) is 123 Å². The normalized spacial score (nSPS) is 23.0. The fraction of sp³-hybridized carbons (Fsp3) is 0.541. The molecule has 19 N–H and O–H groups in total. The number of carbonyl (C=O) groups is 15. The van der Waals surface area contributed by atoms with Gasteiger partial charge in [0.25, 0.3) is 0 Å². The first-order valence-corrected chi connectivity index (χ1v) is 39.1. The lowest BCUT2D eigenvalue weighted by Gasteiger charge is -2.31. The zero-order valence-corrected chi connectivity index (χ0v) is 65.5. The van der Waals surface area contributed by atoms with Gasteiger partial charge in [0, 0.05) is 95.6 Å². The Kier molecular flexibility index (Phi) is 33.8. The second-order valence-electron chi connectivity index (χ2n) is 29.8. The van der Waals surface area contributed by atoms with Crippen molar-refractivity contribution in [3.05, 3.63) is 90.3 Å². The number of carboxylic acid groups (broad SMARTS) is 3. The molecule has 12 amide bonds. The number of aliphatic carboxylic acids is 3. The highest BCUT2D eigenvalue weighted by Crippen LogP contribution is 2.31. The molecule has 1 aliphatic heterocycles. The summed E-state index contributed by atoms with van der Waals surface area (Å²) in [5.41, 5.74) is 1.71. The summed E-state index contributed by atoms with van der Waals surface area (Å²) in [6, 6.07) is -3.53. The minimum Gasteiger partial charge on any atom is -0.481 e. The number of nitrogens with zero attached hydrogens (tertiary/aromatic N) is 1. The Morgan fingerprint density at radius 3 is 1.57 bits per heavy atom. The average Bonchev–Trinajstić information content (AvgIpc) is 1.71. The Hall–Kier alpha value is -10.6. The number of hydrogen-bond donors (Lipinski definition) is 19. The summed E-state index contributed by atoms with van der Waals surface area (Å²) in [4.78, 5) is 225. The maximum Gasteiger partial charge on any atom is 0.328 e. The van der Waals surface area contributed by atoms with Crippen LogP contribution in [0.3, 0.4) is 0 Å². The molecule has 5 aromatic rings. The molecular weight excluding hydrogens is 1480 g/mol. The van der Waals surface area contributed by atoms with E-state index < -0.39 is 216 Å². The molecule has 3 aromatic heterocycles. The van der Waals surface area contributed by atoms with Crippen LogP contribution in [0.25, 0.3) is 21.8 Å². The number of H-pyrrole nitrogens is 3. The maximum atomic E-state index is 15.1. The lowest BCUT2D eigenvalue weighted by molar-refractivity contribution is -0.145. The molecule has 1 aliphatic rings. The number of rotatable bonds is 23. The van der Waals surface area contributed by atoms with Gasteiger partial charge < -0.3 is 99.2 Å². The smallest absolute Gasteiger partial charge is 0.328 e. The fourth-order valence-electron chi connectivity index (χ4n) is 12.3. The predicted molar refractivity (Wildman–Crippen MR) is 411 cm³/mol. The fourth-order valence-corrected chi connectivity index (χ4v) is 14.6. The SMILES string of the molecule is CC(C)C[C@@H]1NC(=O)[C@H](Cc2cnc[nH]2)NC(=O)[C@H](Cc2c[nH]c3ccccc23)NC(=O)[C@H](C)NC(=O)[C@@H](NC(=O)[C@H](CCC(=O)O)C(C)(C)C)CSSCC(C(=O)N[C@H](C(=O)O)[C@@H](C)O)NC(=O)[C@H](Cc2c[nH]c3ccccc23)NC(=O)[C@H](C(C)C)NC(=O)[C@H](CC(C)C)NC(=O)[C@H](CCC(=O)O)NC(=O)CNC1=O. The molecule has 0 bridgehead atoms. The highest BCUT2D eigenvalue weighted by molar-refractivity contribution is 8.76. The van der Waals surface area contributed by atoms with E-state index in [2.05, 4.69) is 83.7 Å². The van der Waals surface area contributed by atoms with Crippen LogP contribution < -0.4 is 63.8 Å². The first-order valence-electron chi connectivity index (χ1n) is 36.6. The molecule has 2 aromatic carbocycles. The zero-order chi connectivity index (χ0) is 82.1. The molecule has 0 saturated carbocycles. The van der Waals surface area contributed by atoms with Gasteiger partial charge in [-0.25, -0.2) is 9.78 Å². The quantitative estimate of drug-likeness (QED) is 0.0403. The number of aliphatic hydroxyl groups is 1. The number of hydrogen-bond acceptors (Lipinski definition) is 19. The topological polar surface area (TPSA) is 542 Å². The molecule has 1 fully saturated rings. The summed E-state index contributed by atoms with van der Waals surface area (Å²) in [6.07, 6.45) is 1.45. The first kappa shape index (κ1) is 89.3. The minimum absolute atomic E-state index is 0.0405. The van der Waals surface area contributed by atoms with Crippen molar-refractivity contribution in [1.29, 1.82) is 0 Å². The Morgan fingerprint density at radius 1 is 0.559 bits per heavy atom. The van der Waals surface area contributed by atoms with Crippen molar-refractivity contribution in [3.63, 3.8) is 0 Å². The third-order valence-corrected chi connectivity index (χ3v) is 20.8. The molecule has 1 unspecified atom stereocenters. The summed E-state index contributed by atoms with van der Waals surface area (Å²) in [5, 5.41) is 72.5. The number of carbonyl (C=O) groups excluding carboxylic acids is 12. The van der Waals surface area contributed by atoms with E-state index in [4.69, 9.17) is 0 Å². The number of nitrogens with one attached hydrogen (secondary N) is 15. The van der Waals surface area contributed by atoms with Crippen LogP contribution >= 0.6 is 21.6 Å². The highest BCUT2D eigenvalue weighted by atomic mass is 33.1. The van der Waals surface area contributed by atoms with Crippen molar-refractivity contribution in [3.8, 4) is 0 Å². The summed E-state index contributed by atoms with van der Waals surface area (Å²) < 4.78 is 0. The van der Waals surface area contributed by atoms with Crippen LogP contribution in [0.4, 0.5) is 0 Å². The molecule has 1 saturated heterocycles. The van der Waals surface area contributed by atoms with Gasteiger partial charge in [-0.05, 0) is 86.0 Å². The van der Waals surface area contributed by atoms with Gasteiger partial charge in [0.1, 0.15) is 60.4 Å². The molecule has 0 radical (unpaired) electrons. The van der Waals surface area contributed by atoms with Crippen molar-refractivity contribution < 1.29 is 92.3 Å². The van der Waals surface area contributed by atoms with Crippen molar-refractivity contribution in [2.24, 2.45) is 29.1 Å². The van der Waals surface area contributed by atoms with E-state index in [9.17, 15) is 82.8 Å². The van der Waals surface area contributed by atoms with Crippen molar-refractivity contribution in [2.75, 3.05) is 18.1 Å². The number of fused-ring (bicyclic) bond motifs is 2. The Morgan fingerprint density at radius 2 is 1.05 bits per heavy atom. The van der Waals surface area contributed by atoms with E-state index in [0.717, 1.165) is 28.5 Å². The highest BCUT2D eigenvalue weighted by Gasteiger charge is 2.40. The molecule has 35 nitrogen and oxygen atoms in total. The molecule has 0 spiro atoms. The lowest BCUT2D eigenvalue weighted by atomic mass is 9.77. The zero-order valence-electron chi connectivity index (χ0n) is 63.8. The molecule has 13 atom stereocenters. The van der Waals surface area contributed by atoms with Crippen molar-refractivity contribution in [1.82, 2.24) is 83.7 Å². The predicted octanol–water partition coefficient (Wildman–Crippen LogP) is 0.870. The third kappa shape index (κ3) is 27.8. The van der Waals surface area contributed by atoms with E-state index in [1.807, 2.05) is 0 Å². The third-order valence-electron chi connectivity index (χ3n) is 18.4. The Labute approximate surface area is 649 Å². The summed E-state index contributed by atoms with van der Waals surface area (Å²) in [7, 11) is 1.68. The largest absolute Gasteiger partial charge is 0.481 e. The van der Waals surface area contributed by atoms with Gasteiger partial charge in [0.05, 0.1) is 19.0 Å². The van der Waals surface area contributed by atoms with E-state index in [-0.39, 0.29) is 50.4 Å². The van der Waals surface area contributed by atoms with Crippen molar-refractivity contribution >= 4 is 132 Å². The van der Waals surface area contributed by atoms with Crippen molar-refractivity contribution in [2.45, 2.75) is 207 Å². The number of amides is 12. The van der Waals surface area contributed by atoms with Crippen LogP contribution in [0.1, 0.15) is 132 Å². The van der Waals surface area contributed by atoms with Crippen LogP contribution in [0.2, 0.25) is 0 Å². The van der Waals surface area contributed by atoms with Gasteiger partial charge in [-0.2, -0.15) is 0 Å². The summed E-state index contributed by atoms with van der Waals surface area (Å²) in [6.45, 7) is 16.7. The molecular formula is C74H104N16O19S2. The number of para-hydroxylation sites is 2. The second kappa shape index (κ2) is 42.0. The van der Waals surface area contributed by atoms with E-state index >= 15 is 9.59 Å². The van der Waals surface area contributed by atoms with Crippen LogP contribution in [-0.4, -0.2) is 220 Å². The van der Waals surface area contributed by atoms with Crippen LogP contribution in [-0.2, 0) is 91.2 Å². The van der Waals surface area contributed by atoms with Gasteiger partial charge in [-0.1, -0.05) is 120 Å². The molecule has 6 rings (SSSR count). The summed E-state index contributed by atoms with van der Waals surface area (Å²) in [5.74, 6) is -19.1. The van der Waals surface area contributed by atoms with Gasteiger partial charge >= 0.3 is 17.9 Å². The molecule has 606 valence electrons. The Balaban J connectivity index is 1.46. The standard InChI is InChI=1S/C74H104N16O19S2/c1-36(2)24-50-64(99)78-32-57(92)81-49(21-23-59(95)96)65(100)84-51(25-37(3)4)69(104)89-60(38(5)6)72(107)86-53(27-42-30-77-48-19-15-13-17-45(42)48)67(102)88-56(71(106)90-61(40(8)91)73(108)109)34-111-110-33-55(87-63(98)46(74(9,10)11)20-22-58(93)94)70(105)80-39(7)62(97)82-52(26-41-29-76-47-18-14-12-16-44(41)47)66(101)85-54(68(103)83-50)28-43-31-75-35-79-43/h12-19,29-31,35-40,46,49-56,60-61,76-77,91H,20-28,32-34H2,1-11H3,(H,75,79)(H,78,99)(H,80,105)(H,81,92)(H,82,97)(H,83,103)(H,84,100)(H,85,101)(H,86,107)(H,87,98)(H,88,102)(H,89,104)(H,90,106)(H,93,94)(H,95,96)(H,108,109)/t39-,40+,46-,49-,50-,51-,52-,53-,54-,55-,56?,60-,61-/m0/s1. The number of imidazole rings is 1. The van der Waals surface area contributed by atoms with Crippen LogP contribution in [0.15, 0.2) is 73.4 Å². The first-order chi connectivity index (χ1) is 52.3. The van der Waals surface area contributed by atoms with Crippen LogP contribution in [0, 0.1) is 29.1 Å².